The minimum atomic E-state index is -0.616. The Morgan fingerprint density at radius 2 is 1.77 bits per heavy atom. The van der Waals surface area contributed by atoms with E-state index in [4.69, 9.17) is 0 Å². The van der Waals surface area contributed by atoms with Crippen LogP contribution in [0, 0.1) is 0 Å². The van der Waals surface area contributed by atoms with E-state index in [9.17, 15) is 14.7 Å². The fraction of sp³-hybridized carbons (Fsp3) is 0.0588. The number of pyridine rings is 1. The fourth-order valence-corrected chi connectivity index (χ4v) is 2.44. The number of rotatable bonds is 2. The number of fused-ring (bicyclic) bond motifs is 1. The van der Waals surface area contributed by atoms with Gasteiger partial charge in [0.1, 0.15) is 5.69 Å². The molecule has 0 aliphatic heterocycles. The Morgan fingerprint density at radius 3 is 2.45 bits per heavy atom. The van der Waals surface area contributed by atoms with Gasteiger partial charge in [0.05, 0.1) is 16.8 Å². The lowest BCUT2D eigenvalue weighted by Gasteiger charge is -2.18. The molecule has 0 saturated carbocycles. The molecular weight excluding hydrogens is 280 g/mol. The van der Waals surface area contributed by atoms with Gasteiger partial charge in [0.2, 0.25) is 11.6 Å². The molecule has 1 aliphatic rings. The van der Waals surface area contributed by atoms with Gasteiger partial charge in [-0.15, -0.1) is 0 Å². The van der Waals surface area contributed by atoms with Crippen molar-refractivity contribution < 1.29 is 14.7 Å². The highest BCUT2D eigenvalue weighted by molar-refractivity contribution is 6.39. The van der Waals surface area contributed by atoms with Crippen molar-refractivity contribution >= 4 is 17.3 Å². The SMILES string of the molecule is C/N=C(\C1=C(O)C(=O)c2cccnc2C1=O)c1ccccc1. The van der Waals surface area contributed by atoms with Crippen LogP contribution in [0.25, 0.3) is 0 Å². The number of aliphatic imine (C=N–C) groups is 1. The molecule has 0 spiro atoms. The third-order valence-corrected chi connectivity index (χ3v) is 3.45. The van der Waals surface area contributed by atoms with Crippen LogP contribution in [0.3, 0.4) is 0 Å². The first kappa shape index (κ1) is 13.9. The predicted molar refractivity (Wildman–Crippen MR) is 81.5 cm³/mol. The van der Waals surface area contributed by atoms with E-state index in [1.165, 1.54) is 19.3 Å². The maximum atomic E-state index is 12.6. The average molecular weight is 292 g/mol. The second-order valence-electron chi connectivity index (χ2n) is 4.72. The monoisotopic (exact) mass is 292 g/mol. The van der Waals surface area contributed by atoms with E-state index in [0.717, 1.165) is 0 Å². The molecule has 0 atom stereocenters. The summed E-state index contributed by atoms with van der Waals surface area (Å²) in [6, 6.07) is 12.0. The van der Waals surface area contributed by atoms with Crippen molar-refractivity contribution in [2.24, 2.45) is 4.99 Å². The van der Waals surface area contributed by atoms with Gasteiger partial charge in [-0.1, -0.05) is 30.3 Å². The molecule has 0 unspecified atom stereocenters. The summed E-state index contributed by atoms with van der Waals surface area (Å²) in [6.45, 7) is 0. The molecule has 0 amide bonds. The van der Waals surface area contributed by atoms with Crippen LogP contribution in [0.2, 0.25) is 0 Å². The molecule has 1 aliphatic carbocycles. The maximum Gasteiger partial charge on any atom is 0.230 e. The van der Waals surface area contributed by atoms with Crippen molar-refractivity contribution in [3.8, 4) is 0 Å². The summed E-state index contributed by atoms with van der Waals surface area (Å²) in [7, 11) is 1.51. The Bertz CT molecular complexity index is 836. The van der Waals surface area contributed by atoms with Crippen LogP contribution in [0.15, 0.2) is 65.0 Å². The standard InChI is InChI=1S/C17H12N2O3/c1-18-13(10-6-3-2-4-7-10)12-16(21)14-11(8-5-9-19-14)15(20)17(12)22/h2-9,22H,1H3/b18-13-. The number of hydrogen-bond acceptors (Lipinski definition) is 5. The summed E-state index contributed by atoms with van der Waals surface area (Å²) in [5, 5.41) is 10.2. The highest BCUT2D eigenvalue weighted by Gasteiger charge is 2.35. The van der Waals surface area contributed by atoms with Gasteiger partial charge in [0.25, 0.3) is 0 Å². The number of benzene rings is 1. The molecule has 1 heterocycles. The fourth-order valence-electron chi connectivity index (χ4n) is 2.44. The lowest BCUT2D eigenvalue weighted by Crippen LogP contribution is -2.28. The van der Waals surface area contributed by atoms with Crippen molar-refractivity contribution in [1.29, 1.82) is 0 Å². The van der Waals surface area contributed by atoms with Crippen molar-refractivity contribution in [3.05, 3.63) is 76.8 Å². The first-order valence-electron chi connectivity index (χ1n) is 6.65. The molecular formula is C17H12N2O3. The summed E-state index contributed by atoms with van der Waals surface area (Å²) < 4.78 is 0. The van der Waals surface area contributed by atoms with Gasteiger partial charge in [-0.2, -0.15) is 0 Å². The van der Waals surface area contributed by atoms with E-state index < -0.39 is 17.3 Å². The maximum absolute atomic E-state index is 12.6. The van der Waals surface area contributed by atoms with Crippen molar-refractivity contribution in [2.45, 2.75) is 0 Å². The number of aliphatic hydroxyl groups is 1. The number of allylic oxidation sites excluding steroid dienone is 2. The molecule has 108 valence electrons. The Morgan fingerprint density at radius 1 is 1.05 bits per heavy atom. The lowest BCUT2D eigenvalue weighted by atomic mass is 9.87. The van der Waals surface area contributed by atoms with Gasteiger partial charge in [-0.05, 0) is 12.1 Å². The number of ketones is 2. The topological polar surface area (TPSA) is 79.6 Å². The van der Waals surface area contributed by atoms with E-state index in [-0.39, 0.29) is 22.5 Å². The second kappa shape index (κ2) is 5.37. The normalized spacial score (nSPS) is 15.0. The largest absolute Gasteiger partial charge is 0.504 e. The van der Waals surface area contributed by atoms with E-state index in [1.807, 2.05) is 6.07 Å². The minimum absolute atomic E-state index is 0.0392. The summed E-state index contributed by atoms with van der Waals surface area (Å²) in [6.07, 6.45) is 1.44. The number of aliphatic hydroxyl groups excluding tert-OH is 1. The van der Waals surface area contributed by atoms with Gasteiger partial charge < -0.3 is 5.11 Å². The van der Waals surface area contributed by atoms with E-state index >= 15 is 0 Å². The molecule has 5 heteroatoms. The minimum Gasteiger partial charge on any atom is -0.504 e. The van der Waals surface area contributed by atoms with Crippen LogP contribution in [0.1, 0.15) is 26.4 Å². The van der Waals surface area contributed by atoms with Gasteiger partial charge in [0.15, 0.2) is 5.76 Å². The molecule has 0 bridgehead atoms. The molecule has 1 aromatic heterocycles. The van der Waals surface area contributed by atoms with E-state index in [1.54, 1.807) is 30.3 Å². The van der Waals surface area contributed by atoms with E-state index in [2.05, 4.69) is 9.98 Å². The first-order valence-corrected chi connectivity index (χ1v) is 6.65. The highest BCUT2D eigenvalue weighted by atomic mass is 16.3. The summed E-state index contributed by atoms with van der Waals surface area (Å²) >= 11 is 0. The van der Waals surface area contributed by atoms with Crippen LogP contribution in [-0.2, 0) is 0 Å². The molecule has 2 aromatic rings. The van der Waals surface area contributed by atoms with Crippen LogP contribution in [0.5, 0.6) is 0 Å². The summed E-state index contributed by atoms with van der Waals surface area (Å²) in [5.74, 6) is -1.71. The number of aromatic nitrogens is 1. The molecule has 1 N–H and O–H groups in total. The third-order valence-electron chi connectivity index (χ3n) is 3.45. The summed E-state index contributed by atoms with van der Waals surface area (Å²) in [4.78, 5) is 33.0. The van der Waals surface area contributed by atoms with Crippen LogP contribution >= 0.6 is 0 Å². The molecule has 0 radical (unpaired) electrons. The van der Waals surface area contributed by atoms with E-state index in [0.29, 0.717) is 5.56 Å². The van der Waals surface area contributed by atoms with Gasteiger partial charge in [-0.25, -0.2) is 0 Å². The second-order valence-corrected chi connectivity index (χ2v) is 4.72. The number of nitrogens with zero attached hydrogens (tertiary/aromatic N) is 2. The number of carbonyl (C=O) groups excluding carboxylic acids is 2. The molecule has 0 fully saturated rings. The zero-order valence-electron chi connectivity index (χ0n) is 11.8. The van der Waals surface area contributed by atoms with Crippen molar-refractivity contribution in [1.82, 2.24) is 4.98 Å². The quantitative estimate of drug-likeness (QED) is 0.862. The first-order chi connectivity index (χ1) is 10.6. The zero-order chi connectivity index (χ0) is 15.7. The zero-order valence-corrected chi connectivity index (χ0v) is 11.8. The predicted octanol–water partition coefficient (Wildman–Crippen LogP) is 2.39. The van der Waals surface area contributed by atoms with Crippen LogP contribution < -0.4 is 0 Å². The Hall–Kier alpha value is -3.08. The lowest BCUT2D eigenvalue weighted by molar-refractivity contribution is 0.0931. The van der Waals surface area contributed by atoms with Gasteiger partial charge >= 0.3 is 0 Å². The molecule has 1 aromatic carbocycles. The Balaban J connectivity index is 2.21. The Labute approximate surface area is 126 Å². The summed E-state index contributed by atoms with van der Waals surface area (Å²) in [5.41, 5.74) is 0.958. The molecule has 3 rings (SSSR count). The molecule has 22 heavy (non-hydrogen) atoms. The third kappa shape index (κ3) is 2.03. The van der Waals surface area contributed by atoms with Gasteiger partial charge in [0, 0.05) is 18.8 Å². The van der Waals surface area contributed by atoms with Gasteiger partial charge in [-0.3, -0.25) is 19.6 Å². The number of carbonyl (C=O) groups is 2. The average Bonchev–Trinajstić information content (AvgIpc) is 2.57. The molecule has 0 saturated heterocycles. The Kier molecular flexibility index (Phi) is 3.39. The smallest absolute Gasteiger partial charge is 0.230 e. The number of Topliss-reactive ketones (excluding diaryl/α,β-unsaturated/α-hetero) is 2. The van der Waals surface area contributed by atoms with Crippen molar-refractivity contribution in [3.63, 3.8) is 0 Å². The number of hydrogen-bond donors (Lipinski definition) is 1. The van der Waals surface area contributed by atoms with Crippen LogP contribution in [-0.4, -0.2) is 34.4 Å². The molecule has 5 nitrogen and oxygen atoms in total. The highest BCUT2D eigenvalue weighted by Crippen LogP contribution is 2.26. The van der Waals surface area contributed by atoms with Crippen molar-refractivity contribution in [2.75, 3.05) is 7.05 Å². The van der Waals surface area contributed by atoms with Crippen LogP contribution in [0.4, 0.5) is 0 Å².